The molecule has 1 fully saturated rings. The molecular formula is C10H13N3O2. The Kier molecular flexibility index (Phi) is 2.22. The fourth-order valence-corrected chi connectivity index (χ4v) is 1.48. The predicted octanol–water partition coefficient (Wildman–Crippen LogP) is 0.961. The number of nitrogen functional groups attached to an aromatic ring is 1. The highest BCUT2D eigenvalue weighted by molar-refractivity contribution is 5.94. The van der Waals surface area contributed by atoms with Crippen molar-refractivity contribution in [2.75, 3.05) is 17.7 Å². The molecule has 0 amide bonds. The van der Waals surface area contributed by atoms with E-state index in [1.54, 1.807) is 0 Å². The van der Waals surface area contributed by atoms with Crippen LogP contribution in [0.1, 0.15) is 23.2 Å². The molecule has 0 aromatic carbocycles. The number of rotatable bonds is 3. The molecule has 0 spiro atoms. The van der Waals surface area contributed by atoms with Gasteiger partial charge in [0.25, 0.3) is 0 Å². The summed E-state index contributed by atoms with van der Waals surface area (Å²) in [5, 5.41) is 8.90. The van der Waals surface area contributed by atoms with Gasteiger partial charge < -0.3 is 15.7 Å². The van der Waals surface area contributed by atoms with Crippen LogP contribution in [-0.2, 0) is 0 Å². The molecule has 0 aliphatic heterocycles. The summed E-state index contributed by atoms with van der Waals surface area (Å²) in [7, 11) is 1.92. The summed E-state index contributed by atoms with van der Waals surface area (Å²) in [4.78, 5) is 17.0. The van der Waals surface area contributed by atoms with Gasteiger partial charge in [-0.05, 0) is 18.9 Å². The first kappa shape index (κ1) is 9.76. The van der Waals surface area contributed by atoms with Crippen LogP contribution in [0.15, 0.2) is 12.3 Å². The summed E-state index contributed by atoms with van der Waals surface area (Å²) in [5.74, 6) is -0.343. The van der Waals surface area contributed by atoms with Gasteiger partial charge in [-0.1, -0.05) is 0 Å². The molecule has 1 heterocycles. The first-order chi connectivity index (χ1) is 7.09. The van der Waals surface area contributed by atoms with E-state index >= 15 is 0 Å². The van der Waals surface area contributed by atoms with E-state index in [1.807, 2.05) is 11.9 Å². The van der Waals surface area contributed by atoms with Crippen LogP contribution in [0.5, 0.6) is 0 Å². The molecule has 1 aliphatic rings. The summed E-state index contributed by atoms with van der Waals surface area (Å²) in [6.45, 7) is 0. The number of hydrogen-bond acceptors (Lipinski definition) is 4. The molecule has 1 saturated carbocycles. The molecule has 0 bridgehead atoms. The number of nitrogens with two attached hydrogens (primary N) is 1. The minimum atomic E-state index is -1.01. The lowest BCUT2D eigenvalue weighted by Crippen LogP contribution is -2.21. The fraction of sp³-hybridized carbons (Fsp3) is 0.400. The zero-order valence-electron chi connectivity index (χ0n) is 8.47. The van der Waals surface area contributed by atoms with Crippen LogP contribution in [0.4, 0.5) is 11.5 Å². The molecule has 0 saturated heterocycles. The highest BCUT2D eigenvalue weighted by atomic mass is 16.4. The minimum Gasteiger partial charge on any atom is -0.478 e. The van der Waals surface area contributed by atoms with Crippen LogP contribution in [0.2, 0.25) is 0 Å². The Morgan fingerprint density at radius 2 is 2.33 bits per heavy atom. The topological polar surface area (TPSA) is 79.5 Å². The van der Waals surface area contributed by atoms with Crippen molar-refractivity contribution in [1.29, 1.82) is 0 Å². The number of nitrogens with zero attached hydrogens (tertiary/aromatic N) is 2. The average Bonchev–Trinajstić information content (AvgIpc) is 3.00. The average molecular weight is 207 g/mol. The van der Waals surface area contributed by atoms with Gasteiger partial charge in [-0.15, -0.1) is 0 Å². The molecule has 3 N–H and O–H groups in total. The van der Waals surface area contributed by atoms with Gasteiger partial charge in [0.15, 0.2) is 0 Å². The number of aromatic nitrogens is 1. The lowest BCUT2D eigenvalue weighted by atomic mass is 10.2. The molecule has 5 heteroatoms. The quantitative estimate of drug-likeness (QED) is 0.771. The smallest absolute Gasteiger partial charge is 0.337 e. The number of carboxylic acid groups (broad SMARTS) is 1. The maximum atomic E-state index is 10.9. The Morgan fingerprint density at radius 3 is 2.87 bits per heavy atom. The van der Waals surface area contributed by atoms with Crippen LogP contribution in [0, 0.1) is 0 Å². The normalized spacial score (nSPS) is 15.0. The molecule has 1 aromatic rings. The van der Waals surface area contributed by atoms with Crippen molar-refractivity contribution >= 4 is 17.5 Å². The molecule has 80 valence electrons. The number of hydrogen-bond donors (Lipinski definition) is 2. The van der Waals surface area contributed by atoms with Gasteiger partial charge in [-0.25, -0.2) is 9.78 Å². The number of aromatic carboxylic acids is 1. The molecule has 5 nitrogen and oxygen atoms in total. The minimum absolute atomic E-state index is 0.118. The third kappa shape index (κ3) is 1.86. The molecule has 0 radical (unpaired) electrons. The summed E-state index contributed by atoms with van der Waals surface area (Å²) in [5.41, 5.74) is 5.84. The number of carbonyl (C=O) groups is 1. The molecular weight excluding hydrogens is 194 g/mol. The second kappa shape index (κ2) is 3.42. The second-order valence-corrected chi connectivity index (χ2v) is 3.78. The Hall–Kier alpha value is -1.78. The molecule has 0 unspecified atom stereocenters. The van der Waals surface area contributed by atoms with E-state index in [1.165, 1.54) is 12.3 Å². The van der Waals surface area contributed by atoms with Crippen LogP contribution in [0.3, 0.4) is 0 Å². The number of anilines is 2. The summed E-state index contributed by atoms with van der Waals surface area (Å²) in [6, 6.07) is 2.03. The Bertz CT molecular complexity index is 402. The summed E-state index contributed by atoms with van der Waals surface area (Å²) >= 11 is 0. The monoisotopic (exact) mass is 207 g/mol. The standard InChI is InChI=1S/C10H13N3O2/c1-13(6-2-3-6)9-4-7(10(14)15)8(11)5-12-9/h4-6H,2-3,11H2,1H3,(H,14,15). The van der Waals surface area contributed by atoms with E-state index in [0.29, 0.717) is 11.9 Å². The summed E-state index contributed by atoms with van der Waals surface area (Å²) in [6.07, 6.45) is 3.69. The molecule has 1 aliphatic carbocycles. The highest BCUT2D eigenvalue weighted by Crippen LogP contribution is 2.29. The number of carboxylic acids is 1. The SMILES string of the molecule is CN(c1cc(C(=O)O)c(N)cn1)C1CC1. The first-order valence-corrected chi connectivity index (χ1v) is 4.81. The zero-order valence-corrected chi connectivity index (χ0v) is 8.47. The van der Waals surface area contributed by atoms with E-state index in [-0.39, 0.29) is 11.3 Å². The fourth-order valence-electron chi connectivity index (χ4n) is 1.48. The van der Waals surface area contributed by atoms with Gasteiger partial charge >= 0.3 is 5.97 Å². The van der Waals surface area contributed by atoms with Gasteiger partial charge in [0.2, 0.25) is 0 Å². The van der Waals surface area contributed by atoms with Crippen molar-refractivity contribution in [2.45, 2.75) is 18.9 Å². The lowest BCUT2D eigenvalue weighted by Gasteiger charge is -2.17. The van der Waals surface area contributed by atoms with E-state index in [0.717, 1.165) is 12.8 Å². The Balaban J connectivity index is 2.32. The van der Waals surface area contributed by atoms with Crippen molar-refractivity contribution in [3.05, 3.63) is 17.8 Å². The Labute approximate surface area is 87.5 Å². The van der Waals surface area contributed by atoms with Crippen LogP contribution < -0.4 is 10.6 Å². The Morgan fingerprint density at radius 1 is 1.67 bits per heavy atom. The second-order valence-electron chi connectivity index (χ2n) is 3.78. The van der Waals surface area contributed by atoms with Crippen molar-refractivity contribution in [3.8, 4) is 0 Å². The van der Waals surface area contributed by atoms with Crippen LogP contribution >= 0.6 is 0 Å². The van der Waals surface area contributed by atoms with Crippen LogP contribution in [0.25, 0.3) is 0 Å². The third-order valence-corrected chi connectivity index (χ3v) is 2.61. The maximum absolute atomic E-state index is 10.9. The van der Waals surface area contributed by atoms with Gasteiger partial charge in [0.05, 0.1) is 17.4 Å². The molecule has 0 atom stereocenters. The summed E-state index contributed by atoms with van der Waals surface area (Å²) < 4.78 is 0. The van der Waals surface area contributed by atoms with Crippen molar-refractivity contribution in [1.82, 2.24) is 4.98 Å². The van der Waals surface area contributed by atoms with Crippen molar-refractivity contribution in [3.63, 3.8) is 0 Å². The van der Waals surface area contributed by atoms with E-state index in [4.69, 9.17) is 10.8 Å². The number of pyridine rings is 1. The highest BCUT2D eigenvalue weighted by Gasteiger charge is 2.27. The largest absolute Gasteiger partial charge is 0.478 e. The van der Waals surface area contributed by atoms with E-state index < -0.39 is 5.97 Å². The van der Waals surface area contributed by atoms with Gasteiger partial charge in [0.1, 0.15) is 5.82 Å². The van der Waals surface area contributed by atoms with E-state index in [2.05, 4.69) is 4.98 Å². The zero-order chi connectivity index (χ0) is 11.0. The van der Waals surface area contributed by atoms with Crippen molar-refractivity contribution < 1.29 is 9.90 Å². The molecule has 2 rings (SSSR count). The van der Waals surface area contributed by atoms with Crippen LogP contribution in [-0.4, -0.2) is 29.1 Å². The van der Waals surface area contributed by atoms with E-state index in [9.17, 15) is 4.79 Å². The first-order valence-electron chi connectivity index (χ1n) is 4.81. The van der Waals surface area contributed by atoms with Crippen molar-refractivity contribution in [2.24, 2.45) is 0 Å². The third-order valence-electron chi connectivity index (χ3n) is 2.61. The molecule has 1 aromatic heterocycles. The van der Waals surface area contributed by atoms with Gasteiger partial charge in [0, 0.05) is 13.1 Å². The van der Waals surface area contributed by atoms with Gasteiger partial charge in [-0.3, -0.25) is 0 Å². The maximum Gasteiger partial charge on any atom is 0.337 e. The van der Waals surface area contributed by atoms with Gasteiger partial charge in [-0.2, -0.15) is 0 Å². The predicted molar refractivity (Wildman–Crippen MR) is 57.0 cm³/mol. The molecule has 15 heavy (non-hydrogen) atoms. The lowest BCUT2D eigenvalue weighted by molar-refractivity contribution is 0.0698.